The first-order chi connectivity index (χ1) is 38.2. The van der Waals surface area contributed by atoms with Gasteiger partial charge in [0.2, 0.25) is 42.2 Å². The summed E-state index contributed by atoms with van der Waals surface area (Å²) in [5, 5.41) is 38.7. The maximum absolute atomic E-state index is 14.2. The van der Waals surface area contributed by atoms with Gasteiger partial charge in [0.15, 0.2) is 17.1 Å². The van der Waals surface area contributed by atoms with Crippen LogP contribution in [-0.2, 0) is 79.6 Å². The van der Waals surface area contributed by atoms with E-state index in [0.29, 0.717) is 65.6 Å². The van der Waals surface area contributed by atoms with Gasteiger partial charge in [-0.2, -0.15) is 0 Å². The Kier molecular flexibility index (Phi) is 15.5. The lowest BCUT2D eigenvalue weighted by molar-refractivity contribution is -0.172. The number of hydrogen-bond donors (Lipinski definition) is 8. The second-order valence-corrected chi connectivity index (χ2v) is 19.6. The molecule has 2 unspecified atom stereocenters. The standard InChI is InChI=1S/C54H59N9O15/c1-2-54(75)35-19-38-49-33(26-63(38)52(73)34(35)27-76-53(54)74)32(31-18-40-41(78-28-77-40)20-36(31)61-49)21-58-51(72)48(30-12-13-30)39(64)22-55-44(67)24-59-50(71)37(17-29-9-5-3-6-10-29)60-45(68)25-57-43(66)23-56-42(65)11-7-4-8-16-62-46(69)14-15-47(62)70/h3,5-6,9-10,14-15,18-20,30,37,39,48,64,75H,2,4,7-8,11-13,16-17,21-28H2,1H3,(H,55,67)(H,56,65)(H,57,66)(H,58,72)(H,59,71)(H,60,68)/t37-,39?,48?,54-/m0/s1/i28D2. The molecule has 2 aromatic heterocycles. The fourth-order valence-corrected chi connectivity index (χ4v) is 9.99. The van der Waals surface area contributed by atoms with E-state index in [9.17, 15) is 58.2 Å². The number of nitrogens with one attached hydrogen (secondary N) is 6. The summed E-state index contributed by atoms with van der Waals surface area (Å²) in [7, 11) is 0. The highest BCUT2D eigenvalue weighted by molar-refractivity contribution is 6.12. The second kappa shape index (κ2) is 23.4. The number of hydrogen-bond acceptors (Lipinski definition) is 16. The fourth-order valence-electron chi connectivity index (χ4n) is 9.99. The molecule has 5 aliphatic rings. The van der Waals surface area contributed by atoms with Gasteiger partial charge in [-0.25, -0.2) is 9.78 Å². The molecule has 1 aliphatic carbocycles. The number of nitrogens with zero attached hydrogens (tertiary/aromatic N) is 3. The van der Waals surface area contributed by atoms with Gasteiger partial charge in [0, 0.05) is 67.2 Å². The zero-order valence-electron chi connectivity index (χ0n) is 44.4. The minimum atomic E-state index is -2.48. The van der Waals surface area contributed by atoms with Crippen LogP contribution in [0.5, 0.6) is 11.5 Å². The highest BCUT2D eigenvalue weighted by atomic mass is 16.7. The van der Waals surface area contributed by atoms with Crippen LogP contribution in [0, 0.1) is 11.8 Å². The highest BCUT2D eigenvalue weighted by Gasteiger charge is 2.46. The van der Waals surface area contributed by atoms with Gasteiger partial charge in [-0.05, 0) is 61.3 Å². The molecule has 1 saturated carbocycles. The highest BCUT2D eigenvalue weighted by Crippen LogP contribution is 2.44. The predicted octanol–water partition coefficient (Wildman–Crippen LogP) is -0.511. The Morgan fingerprint density at radius 3 is 2.23 bits per heavy atom. The number of carbonyl (C=O) groups excluding carboxylic acids is 9. The number of aliphatic hydroxyl groups excluding tert-OH is 1. The largest absolute Gasteiger partial charge is 0.458 e. The van der Waals surface area contributed by atoms with Crippen molar-refractivity contribution < 1.29 is 70.3 Å². The number of carbonyl (C=O) groups is 9. The van der Waals surface area contributed by atoms with E-state index >= 15 is 0 Å². The number of amides is 8. The van der Waals surface area contributed by atoms with Crippen LogP contribution in [0.15, 0.2) is 65.5 Å². The fraction of sp³-hybridized carbons (Fsp3) is 0.426. The van der Waals surface area contributed by atoms with Crippen LogP contribution in [0.3, 0.4) is 0 Å². The van der Waals surface area contributed by atoms with Crippen molar-refractivity contribution >= 4 is 64.1 Å². The molecule has 78 heavy (non-hydrogen) atoms. The molecule has 4 atom stereocenters. The minimum absolute atomic E-state index is 0.0101. The zero-order valence-corrected chi connectivity index (χ0v) is 42.4. The molecule has 2 aromatic carbocycles. The molecule has 0 radical (unpaired) electrons. The van der Waals surface area contributed by atoms with Crippen LogP contribution < -0.4 is 46.9 Å². The first-order valence-corrected chi connectivity index (χ1v) is 25.7. The lowest BCUT2D eigenvalue weighted by Crippen LogP contribution is -2.52. The summed E-state index contributed by atoms with van der Waals surface area (Å²) in [5.74, 6) is -6.60. The molecule has 8 amide bonds. The summed E-state index contributed by atoms with van der Waals surface area (Å²) in [5.41, 5.74) is 0.144. The number of aromatic nitrogens is 2. The third-order valence-corrected chi connectivity index (χ3v) is 14.4. The van der Waals surface area contributed by atoms with Crippen LogP contribution in [0.2, 0.25) is 0 Å². The van der Waals surface area contributed by atoms with Crippen molar-refractivity contribution in [1.29, 1.82) is 0 Å². The number of esters is 1. The normalized spacial score (nSPS) is 18.8. The summed E-state index contributed by atoms with van der Waals surface area (Å²) in [6.07, 6.45) is 3.79. The van der Waals surface area contributed by atoms with Crippen molar-refractivity contribution in [3.63, 3.8) is 0 Å². The van der Waals surface area contributed by atoms with E-state index in [-0.39, 0.29) is 97.9 Å². The minimum Gasteiger partial charge on any atom is -0.458 e. The molecule has 24 nitrogen and oxygen atoms in total. The first-order valence-electron chi connectivity index (χ1n) is 26.7. The lowest BCUT2D eigenvalue weighted by atomic mass is 9.86. The van der Waals surface area contributed by atoms with Gasteiger partial charge in [-0.3, -0.25) is 48.1 Å². The lowest BCUT2D eigenvalue weighted by Gasteiger charge is -2.31. The van der Waals surface area contributed by atoms with Crippen molar-refractivity contribution in [2.24, 2.45) is 11.8 Å². The summed E-state index contributed by atoms with van der Waals surface area (Å²) in [6.45, 7) is -3.13. The van der Waals surface area contributed by atoms with E-state index in [0.717, 1.165) is 4.90 Å². The average Bonchev–Trinajstić information content (AvgIpc) is 4.14. The molecular formula is C54H59N9O15. The summed E-state index contributed by atoms with van der Waals surface area (Å²) < 4.78 is 33.5. The van der Waals surface area contributed by atoms with Gasteiger partial charge in [0.1, 0.15) is 15.4 Å². The summed E-state index contributed by atoms with van der Waals surface area (Å²) in [6, 6.07) is 12.0. The predicted molar refractivity (Wildman–Crippen MR) is 273 cm³/mol. The van der Waals surface area contributed by atoms with Gasteiger partial charge in [0.25, 0.3) is 17.4 Å². The molecule has 4 aliphatic heterocycles. The van der Waals surface area contributed by atoms with Crippen molar-refractivity contribution in [2.75, 3.05) is 39.5 Å². The number of pyridine rings is 2. The van der Waals surface area contributed by atoms with Crippen LogP contribution in [0.1, 0.15) is 82.4 Å². The van der Waals surface area contributed by atoms with Crippen LogP contribution >= 0.6 is 0 Å². The van der Waals surface area contributed by atoms with Crippen LogP contribution in [0.4, 0.5) is 0 Å². The summed E-state index contributed by atoms with van der Waals surface area (Å²) in [4.78, 5) is 135. The Bertz CT molecular complexity index is 3280. The van der Waals surface area contributed by atoms with Crippen molar-refractivity contribution in [2.45, 2.75) is 95.7 Å². The Balaban J connectivity index is 0.786. The van der Waals surface area contributed by atoms with Gasteiger partial charge in [-0.15, -0.1) is 0 Å². The smallest absolute Gasteiger partial charge is 0.343 e. The van der Waals surface area contributed by atoms with Gasteiger partial charge in [-0.1, -0.05) is 43.7 Å². The Labute approximate surface area is 448 Å². The molecule has 410 valence electrons. The number of aliphatic hydroxyl groups is 2. The van der Waals surface area contributed by atoms with Crippen molar-refractivity contribution in [1.82, 2.24) is 46.4 Å². The maximum Gasteiger partial charge on any atom is 0.343 e. The van der Waals surface area contributed by atoms with Gasteiger partial charge < -0.3 is 60.9 Å². The molecule has 8 N–H and O–H groups in total. The molecule has 0 saturated heterocycles. The number of ether oxygens (including phenoxy) is 3. The Hall–Kier alpha value is -8.51. The van der Waals surface area contributed by atoms with E-state index in [1.54, 1.807) is 37.3 Å². The van der Waals surface area contributed by atoms with Crippen molar-refractivity contribution in [3.05, 3.63) is 98.9 Å². The Morgan fingerprint density at radius 2 is 1.50 bits per heavy atom. The number of imide groups is 1. The number of cyclic esters (lactones) is 1. The second-order valence-electron chi connectivity index (χ2n) is 19.6. The zero-order chi connectivity index (χ0) is 57.0. The molecular weight excluding hydrogens is 1010 g/mol. The van der Waals surface area contributed by atoms with Crippen molar-refractivity contribution in [3.8, 4) is 22.9 Å². The number of unbranched alkanes of at least 4 members (excludes halogenated alkanes) is 2. The molecule has 9 rings (SSSR count). The number of benzene rings is 2. The molecule has 4 aromatic rings. The molecule has 0 spiro atoms. The van der Waals surface area contributed by atoms with E-state index in [1.807, 2.05) is 0 Å². The number of fused-ring (bicyclic) bond motifs is 6. The van der Waals surface area contributed by atoms with Crippen LogP contribution in [0.25, 0.3) is 22.3 Å². The molecule has 24 heteroatoms. The quantitative estimate of drug-likeness (QED) is 0.0219. The Morgan fingerprint density at radius 1 is 0.808 bits per heavy atom. The maximum atomic E-state index is 14.2. The van der Waals surface area contributed by atoms with Crippen LogP contribution in [-0.4, -0.2) is 130 Å². The van der Waals surface area contributed by atoms with E-state index in [4.69, 9.17) is 21.9 Å². The summed E-state index contributed by atoms with van der Waals surface area (Å²) >= 11 is 0. The monoisotopic (exact) mass is 1080 g/mol. The molecule has 0 bridgehead atoms. The third-order valence-electron chi connectivity index (χ3n) is 14.4. The third kappa shape index (κ3) is 11.9. The number of rotatable bonds is 24. The van der Waals surface area contributed by atoms with E-state index in [2.05, 4.69) is 31.9 Å². The SMILES string of the molecule is [2H]C1([2H])Oc2cc3nc4c(c(CNC(=O)C(C(O)CNC(=O)CNC(=O)[C@H](Cc5ccccc5)NC(=O)CNC(=O)CNC(=O)CCCCCN5C(=O)C=CC5=O)C5CC5)c3cc2O1)Cn1c-4cc2c(c1=O)COC(=O)[C@]2(O)CC. The molecule has 1 fully saturated rings. The molecule has 6 heterocycles. The van der Waals surface area contributed by atoms with Gasteiger partial charge in [0.05, 0.1) is 60.7 Å². The van der Waals surface area contributed by atoms with Gasteiger partial charge >= 0.3 is 5.97 Å². The van der Waals surface area contributed by atoms with E-state index in [1.165, 1.54) is 34.9 Å². The topological polar surface area (TPSA) is 332 Å². The average molecular weight is 1080 g/mol. The first kappa shape index (κ1) is 51.6. The van der Waals surface area contributed by atoms with E-state index < -0.39 is 97.0 Å².